The van der Waals surface area contributed by atoms with Crippen molar-refractivity contribution in [3.05, 3.63) is 18.0 Å². The van der Waals surface area contributed by atoms with Gasteiger partial charge in [-0.2, -0.15) is 5.10 Å². The van der Waals surface area contributed by atoms with Gasteiger partial charge in [-0.15, -0.1) is 0 Å². The first-order chi connectivity index (χ1) is 3.89. The molecule has 0 saturated heterocycles. The molecule has 1 rings (SSSR count). The van der Waals surface area contributed by atoms with Gasteiger partial charge in [-0.1, -0.05) is 0 Å². The van der Waals surface area contributed by atoms with Crippen molar-refractivity contribution >= 4 is 0 Å². The lowest BCUT2D eigenvalue weighted by atomic mass is 10.5. The second-order valence-corrected chi connectivity index (χ2v) is 1.24. The lowest BCUT2D eigenvalue weighted by Gasteiger charge is -1.68. The molecule has 46 valence electrons. The Balaban J connectivity index is 0.000000222. The molecule has 0 aromatic carbocycles. The molecule has 0 aliphatic rings. The molecule has 4 heteroatoms. The highest BCUT2D eigenvalue weighted by atomic mass is 15.1. The topological polar surface area (TPSA) is 80.7 Å². The molecule has 1 heterocycles. The van der Waals surface area contributed by atoms with Gasteiger partial charge in [0.25, 0.3) is 0 Å². The van der Waals surface area contributed by atoms with E-state index in [4.69, 9.17) is 0 Å². The molecule has 0 aliphatic heterocycles. The Hall–Kier alpha value is -0.870. The van der Waals surface area contributed by atoms with Gasteiger partial charge in [0, 0.05) is 11.9 Å². The maximum atomic E-state index is 4.00. The maximum Gasteiger partial charge on any atom is 0.0489 e. The van der Waals surface area contributed by atoms with E-state index >= 15 is 0 Å². The minimum absolute atomic E-state index is 1.11. The number of hydrazine groups is 1. The number of rotatable bonds is 0. The first-order valence-corrected chi connectivity index (χ1v) is 2.19. The predicted octanol–water partition coefficient (Wildman–Crippen LogP) is -0.463. The molecule has 0 amide bonds. The quantitative estimate of drug-likeness (QED) is 0.315. The van der Waals surface area contributed by atoms with Crippen molar-refractivity contribution in [3.63, 3.8) is 0 Å². The molecule has 0 saturated carbocycles. The number of nitrogens with zero attached hydrogens (tertiary/aromatic N) is 1. The third-order valence-corrected chi connectivity index (χ3v) is 0.640. The van der Waals surface area contributed by atoms with Crippen LogP contribution in [0, 0.1) is 6.92 Å². The van der Waals surface area contributed by atoms with Gasteiger partial charge in [0.15, 0.2) is 0 Å². The van der Waals surface area contributed by atoms with Crippen LogP contribution >= 0.6 is 0 Å². The predicted molar refractivity (Wildman–Crippen MR) is 31.7 cm³/mol. The Kier molecular flexibility index (Phi) is 3.83. The van der Waals surface area contributed by atoms with Crippen LogP contribution in [0.1, 0.15) is 5.69 Å². The van der Waals surface area contributed by atoms with Crippen LogP contribution in [0.5, 0.6) is 0 Å². The molecule has 0 bridgehead atoms. The minimum atomic E-state index is 1.11. The average molecular weight is 114 g/mol. The molecule has 1 aromatic rings. The maximum absolute atomic E-state index is 4.00. The monoisotopic (exact) mass is 114 g/mol. The zero-order valence-electron chi connectivity index (χ0n) is 4.76. The molecule has 0 radical (unpaired) electrons. The summed E-state index contributed by atoms with van der Waals surface area (Å²) in [5.74, 6) is 8.00. The number of aromatic amines is 1. The van der Waals surface area contributed by atoms with E-state index in [1.54, 1.807) is 6.20 Å². The fourth-order valence-corrected chi connectivity index (χ4v) is 0.325. The van der Waals surface area contributed by atoms with Crippen molar-refractivity contribution in [1.29, 1.82) is 0 Å². The van der Waals surface area contributed by atoms with E-state index in [9.17, 15) is 0 Å². The summed E-state index contributed by atoms with van der Waals surface area (Å²) in [7, 11) is 0. The molecule has 1 aromatic heterocycles. The van der Waals surface area contributed by atoms with E-state index in [-0.39, 0.29) is 0 Å². The number of aromatic nitrogens is 2. The number of nitrogens with two attached hydrogens (primary N) is 2. The van der Waals surface area contributed by atoms with Crippen LogP contribution in [-0.4, -0.2) is 10.2 Å². The van der Waals surface area contributed by atoms with Gasteiger partial charge < -0.3 is 0 Å². The normalized spacial score (nSPS) is 7.38. The summed E-state index contributed by atoms with van der Waals surface area (Å²) < 4.78 is 0. The highest BCUT2D eigenvalue weighted by Gasteiger charge is 1.73. The van der Waals surface area contributed by atoms with E-state index in [2.05, 4.69) is 21.9 Å². The summed E-state index contributed by atoms with van der Waals surface area (Å²) >= 11 is 0. The standard InChI is InChI=1S/C4H6N2.H4N2/c1-4-2-3-5-6-4;1-2/h2-3H,1H3,(H,5,6);1-2H2. The summed E-state index contributed by atoms with van der Waals surface area (Å²) in [5.41, 5.74) is 1.11. The van der Waals surface area contributed by atoms with Crippen LogP contribution in [0.15, 0.2) is 12.3 Å². The van der Waals surface area contributed by atoms with Crippen molar-refractivity contribution in [1.82, 2.24) is 10.2 Å². The van der Waals surface area contributed by atoms with Crippen molar-refractivity contribution in [3.8, 4) is 0 Å². The third-order valence-electron chi connectivity index (χ3n) is 0.640. The van der Waals surface area contributed by atoms with Gasteiger partial charge in [0.05, 0.1) is 0 Å². The van der Waals surface area contributed by atoms with E-state index < -0.39 is 0 Å². The Bertz CT molecular complexity index is 112. The molecule has 8 heavy (non-hydrogen) atoms. The lowest BCUT2D eigenvalue weighted by Crippen LogP contribution is -2.02. The molecule has 4 nitrogen and oxygen atoms in total. The molecule has 0 atom stereocenters. The number of aryl methyl sites for hydroxylation is 1. The lowest BCUT2D eigenvalue weighted by molar-refractivity contribution is 1.05. The first kappa shape index (κ1) is 7.13. The minimum Gasteiger partial charge on any atom is -0.283 e. The van der Waals surface area contributed by atoms with E-state index in [0.29, 0.717) is 0 Å². The summed E-state index contributed by atoms with van der Waals surface area (Å²) in [4.78, 5) is 0. The van der Waals surface area contributed by atoms with Gasteiger partial charge in [-0.05, 0) is 13.0 Å². The third kappa shape index (κ3) is 2.33. The molecule has 0 spiro atoms. The summed E-state index contributed by atoms with van der Waals surface area (Å²) in [6.07, 6.45) is 1.73. The fraction of sp³-hybridized carbons (Fsp3) is 0.250. The van der Waals surface area contributed by atoms with Crippen LogP contribution in [0.25, 0.3) is 0 Å². The zero-order chi connectivity index (χ0) is 6.41. The van der Waals surface area contributed by atoms with Crippen molar-refractivity contribution in [2.24, 2.45) is 11.7 Å². The van der Waals surface area contributed by atoms with Gasteiger partial charge in [-0.25, -0.2) is 0 Å². The molecular weight excluding hydrogens is 104 g/mol. The SMILES string of the molecule is Cc1ccn[nH]1.NN. The fourth-order valence-electron chi connectivity index (χ4n) is 0.325. The number of hydrogen-bond donors (Lipinski definition) is 3. The van der Waals surface area contributed by atoms with E-state index in [0.717, 1.165) is 5.69 Å². The zero-order valence-corrected chi connectivity index (χ0v) is 4.76. The van der Waals surface area contributed by atoms with Crippen molar-refractivity contribution in [2.75, 3.05) is 0 Å². The molecular formula is C4H10N4. The van der Waals surface area contributed by atoms with Gasteiger partial charge in [0.1, 0.15) is 0 Å². The van der Waals surface area contributed by atoms with E-state index in [1.165, 1.54) is 0 Å². The number of nitrogens with one attached hydrogen (secondary N) is 1. The molecule has 0 aliphatic carbocycles. The molecule has 0 fully saturated rings. The highest BCUT2D eigenvalue weighted by Crippen LogP contribution is 1.82. The average Bonchev–Trinajstić information content (AvgIpc) is 2.24. The Morgan fingerprint density at radius 1 is 1.62 bits per heavy atom. The van der Waals surface area contributed by atoms with Crippen LogP contribution < -0.4 is 11.7 Å². The largest absolute Gasteiger partial charge is 0.283 e. The van der Waals surface area contributed by atoms with Crippen molar-refractivity contribution in [2.45, 2.75) is 6.92 Å². The smallest absolute Gasteiger partial charge is 0.0489 e. The first-order valence-electron chi connectivity index (χ1n) is 2.19. The summed E-state index contributed by atoms with van der Waals surface area (Å²) in [5, 5.41) is 6.45. The van der Waals surface area contributed by atoms with E-state index in [1.807, 2.05) is 13.0 Å². The van der Waals surface area contributed by atoms with Gasteiger partial charge in [-0.3, -0.25) is 16.8 Å². The van der Waals surface area contributed by atoms with Crippen LogP contribution in [-0.2, 0) is 0 Å². The number of H-pyrrole nitrogens is 1. The highest BCUT2D eigenvalue weighted by molar-refractivity contribution is 4.91. The molecule has 5 N–H and O–H groups in total. The van der Waals surface area contributed by atoms with Crippen molar-refractivity contribution < 1.29 is 0 Å². The Morgan fingerprint density at radius 2 is 2.25 bits per heavy atom. The number of hydrogen-bond acceptors (Lipinski definition) is 3. The van der Waals surface area contributed by atoms with Gasteiger partial charge >= 0.3 is 0 Å². The van der Waals surface area contributed by atoms with Crippen LogP contribution in [0.4, 0.5) is 0 Å². The van der Waals surface area contributed by atoms with Crippen LogP contribution in [0.2, 0.25) is 0 Å². The summed E-state index contributed by atoms with van der Waals surface area (Å²) in [6.45, 7) is 1.97. The second kappa shape index (κ2) is 4.29. The molecule has 0 unspecified atom stereocenters. The second-order valence-electron chi connectivity index (χ2n) is 1.24. The van der Waals surface area contributed by atoms with Crippen LogP contribution in [0.3, 0.4) is 0 Å². The summed E-state index contributed by atoms with van der Waals surface area (Å²) in [6, 6.07) is 1.92. The Morgan fingerprint density at radius 3 is 2.38 bits per heavy atom. The van der Waals surface area contributed by atoms with Gasteiger partial charge in [0.2, 0.25) is 0 Å². The Labute approximate surface area is 47.8 Å².